The number of aliphatic hydroxyl groups excluding tert-OH is 1. The van der Waals surface area contributed by atoms with Gasteiger partial charge in [0, 0.05) is 7.11 Å². The monoisotopic (exact) mass is 188 g/mol. The topological polar surface area (TPSA) is 66.8 Å². The largest absolute Gasteiger partial charge is 0.481 e. The lowest BCUT2D eigenvalue weighted by molar-refractivity contribution is -0.140. The van der Waals surface area contributed by atoms with E-state index in [2.05, 4.69) is 0 Å². The Morgan fingerprint density at radius 3 is 2.77 bits per heavy atom. The van der Waals surface area contributed by atoms with E-state index in [-0.39, 0.29) is 18.4 Å². The van der Waals surface area contributed by atoms with E-state index in [4.69, 9.17) is 9.84 Å². The Bertz CT molecular complexity index is 180. The summed E-state index contributed by atoms with van der Waals surface area (Å²) < 4.78 is 5.15. The predicted octanol–water partition coefficient (Wildman–Crippen LogP) is 0.637. The maximum Gasteiger partial charge on any atom is 0.303 e. The van der Waals surface area contributed by atoms with Gasteiger partial charge in [-0.25, -0.2) is 0 Å². The first-order valence-electron chi connectivity index (χ1n) is 4.56. The van der Waals surface area contributed by atoms with Gasteiger partial charge in [0.2, 0.25) is 0 Å². The summed E-state index contributed by atoms with van der Waals surface area (Å²) in [6.45, 7) is 0. The van der Waals surface area contributed by atoms with Crippen molar-refractivity contribution in [1.29, 1.82) is 0 Å². The second-order valence-electron chi connectivity index (χ2n) is 3.60. The molecule has 13 heavy (non-hydrogen) atoms. The molecule has 0 aromatic heterocycles. The Hall–Kier alpha value is -0.610. The number of rotatable bonds is 3. The molecule has 76 valence electrons. The fraction of sp³-hybridized carbons (Fsp3) is 0.889. The van der Waals surface area contributed by atoms with Crippen LogP contribution in [0.1, 0.15) is 25.7 Å². The highest BCUT2D eigenvalue weighted by Gasteiger charge is 2.30. The van der Waals surface area contributed by atoms with Crippen LogP contribution < -0.4 is 0 Å². The lowest BCUT2D eigenvalue weighted by Gasteiger charge is -2.31. The standard InChI is InChI=1S/C9H16O4/c1-13-7-2-3-8(10)6(4-7)5-9(11)12/h6-8,10H,2-5H2,1H3,(H,11,12). The highest BCUT2D eigenvalue weighted by Crippen LogP contribution is 2.28. The molecule has 0 aromatic carbocycles. The lowest BCUT2D eigenvalue weighted by Crippen LogP contribution is -2.33. The van der Waals surface area contributed by atoms with Crippen LogP contribution in [0.25, 0.3) is 0 Å². The van der Waals surface area contributed by atoms with Crippen molar-refractivity contribution < 1.29 is 19.7 Å². The van der Waals surface area contributed by atoms with Crippen molar-refractivity contribution in [2.45, 2.75) is 37.9 Å². The number of carboxylic acids is 1. The third-order valence-corrected chi connectivity index (χ3v) is 2.66. The van der Waals surface area contributed by atoms with Gasteiger partial charge in [0.1, 0.15) is 0 Å². The Morgan fingerprint density at radius 2 is 2.23 bits per heavy atom. The molecule has 3 unspecified atom stereocenters. The third kappa shape index (κ3) is 2.97. The molecule has 1 aliphatic rings. The van der Waals surface area contributed by atoms with Crippen LogP contribution in [0, 0.1) is 5.92 Å². The van der Waals surface area contributed by atoms with E-state index in [1.807, 2.05) is 0 Å². The Labute approximate surface area is 77.5 Å². The van der Waals surface area contributed by atoms with Gasteiger partial charge in [0.05, 0.1) is 18.6 Å². The number of ether oxygens (including phenoxy) is 1. The van der Waals surface area contributed by atoms with Crippen LogP contribution in [-0.2, 0) is 9.53 Å². The quantitative estimate of drug-likeness (QED) is 0.682. The predicted molar refractivity (Wildman–Crippen MR) is 46.4 cm³/mol. The first-order valence-corrected chi connectivity index (χ1v) is 4.56. The van der Waals surface area contributed by atoms with E-state index in [9.17, 15) is 9.90 Å². The second kappa shape index (κ2) is 4.58. The van der Waals surface area contributed by atoms with E-state index in [1.165, 1.54) is 0 Å². The van der Waals surface area contributed by atoms with Gasteiger partial charge in [0.25, 0.3) is 0 Å². The van der Waals surface area contributed by atoms with Crippen LogP contribution in [-0.4, -0.2) is 35.5 Å². The molecule has 1 aliphatic carbocycles. The molecule has 1 saturated carbocycles. The van der Waals surface area contributed by atoms with Crippen molar-refractivity contribution in [2.24, 2.45) is 5.92 Å². The second-order valence-corrected chi connectivity index (χ2v) is 3.60. The van der Waals surface area contributed by atoms with Gasteiger partial charge in [-0.05, 0) is 25.2 Å². The van der Waals surface area contributed by atoms with Gasteiger partial charge >= 0.3 is 5.97 Å². The normalized spacial score (nSPS) is 34.5. The number of methoxy groups -OCH3 is 1. The molecule has 3 atom stereocenters. The van der Waals surface area contributed by atoms with E-state index in [0.717, 1.165) is 6.42 Å². The van der Waals surface area contributed by atoms with Crippen LogP contribution >= 0.6 is 0 Å². The van der Waals surface area contributed by atoms with Crippen molar-refractivity contribution in [3.8, 4) is 0 Å². The summed E-state index contributed by atoms with van der Waals surface area (Å²) >= 11 is 0. The van der Waals surface area contributed by atoms with E-state index >= 15 is 0 Å². The first kappa shape index (κ1) is 10.5. The van der Waals surface area contributed by atoms with Crippen molar-refractivity contribution in [3.63, 3.8) is 0 Å². The highest BCUT2D eigenvalue weighted by atomic mass is 16.5. The van der Waals surface area contributed by atoms with Crippen molar-refractivity contribution >= 4 is 5.97 Å². The molecule has 1 rings (SSSR count). The lowest BCUT2D eigenvalue weighted by atomic mass is 9.83. The molecule has 2 N–H and O–H groups in total. The molecule has 0 radical (unpaired) electrons. The van der Waals surface area contributed by atoms with Gasteiger partial charge in [-0.1, -0.05) is 0 Å². The Morgan fingerprint density at radius 1 is 1.54 bits per heavy atom. The van der Waals surface area contributed by atoms with Crippen molar-refractivity contribution in [3.05, 3.63) is 0 Å². The van der Waals surface area contributed by atoms with Gasteiger partial charge in [0.15, 0.2) is 0 Å². The molecular formula is C9H16O4. The molecular weight excluding hydrogens is 172 g/mol. The van der Waals surface area contributed by atoms with Crippen LogP contribution in [0.5, 0.6) is 0 Å². The van der Waals surface area contributed by atoms with Crippen molar-refractivity contribution in [1.82, 2.24) is 0 Å². The van der Waals surface area contributed by atoms with Crippen LogP contribution in [0.3, 0.4) is 0 Å². The van der Waals surface area contributed by atoms with E-state index < -0.39 is 12.1 Å². The van der Waals surface area contributed by atoms with Crippen LogP contribution in [0.15, 0.2) is 0 Å². The summed E-state index contributed by atoms with van der Waals surface area (Å²) in [5.41, 5.74) is 0. The maximum atomic E-state index is 10.5. The number of aliphatic hydroxyl groups is 1. The molecule has 0 saturated heterocycles. The number of carbonyl (C=O) groups is 1. The van der Waals surface area contributed by atoms with Gasteiger partial charge in [-0.2, -0.15) is 0 Å². The molecule has 0 aromatic rings. The molecule has 4 nitrogen and oxygen atoms in total. The van der Waals surface area contributed by atoms with Gasteiger partial charge in [-0.15, -0.1) is 0 Å². The molecule has 4 heteroatoms. The minimum atomic E-state index is -0.846. The third-order valence-electron chi connectivity index (χ3n) is 2.66. The van der Waals surface area contributed by atoms with Crippen molar-refractivity contribution in [2.75, 3.05) is 7.11 Å². The Kier molecular flexibility index (Phi) is 3.69. The van der Waals surface area contributed by atoms with Crippen LogP contribution in [0.2, 0.25) is 0 Å². The van der Waals surface area contributed by atoms with Gasteiger partial charge in [-0.3, -0.25) is 4.79 Å². The molecule has 0 spiro atoms. The molecule has 1 fully saturated rings. The molecule has 0 amide bonds. The molecule has 0 bridgehead atoms. The number of hydrogen-bond acceptors (Lipinski definition) is 3. The van der Waals surface area contributed by atoms with Crippen LogP contribution in [0.4, 0.5) is 0 Å². The molecule has 0 heterocycles. The minimum absolute atomic E-state index is 0.0427. The fourth-order valence-corrected chi connectivity index (χ4v) is 1.86. The van der Waals surface area contributed by atoms with E-state index in [0.29, 0.717) is 12.8 Å². The number of hydrogen-bond donors (Lipinski definition) is 2. The average molecular weight is 188 g/mol. The zero-order chi connectivity index (χ0) is 9.84. The van der Waals surface area contributed by atoms with Gasteiger partial charge < -0.3 is 14.9 Å². The number of carboxylic acid groups (broad SMARTS) is 1. The zero-order valence-corrected chi connectivity index (χ0v) is 7.77. The summed E-state index contributed by atoms with van der Waals surface area (Å²) in [4.78, 5) is 10.5. The first-order chi connectivity index (χ1) is 6.13. The Balaban J connectivity index is 2.44. The SMILES string of the molecule is COC1CCC(O)C(CC(=O)O)C1. The minimum Gasteiger partial charge on any atom is -0.481 e. The summed E-state index contributed by atoms with van der Waals surface area (Å²) in [7, 11) is 1.63. The average Bonchev–Trinajstić information content (AvgIpc) is 2.08. The smallest absolute Gasteiger partial charge is 0.303 e. The summed E-state index contributed by atoms with van der Waals surface area (Å²) in [5, 5.41) is 18.1. The fourth-order valence-electron chi connectivity index (χ4n) is 1.86. The van der Waals surface area contributed by atoms with E-state index in [1.54, 1.807) is 7.11 Å². The summed E-state index contributed by atoms with van der Waals surface area (Å²) in [5.74, 6) is -0.989. The maximum absolute atomic E-state index is 10.5. The summed E-state index contributed by atoms with van der Waals surface area (Å²) in [6.07, 6.45) is 1.82. The highest BCUT2D eigenvalue weighted by molar-refractivity contribution is 5.67. The zero-order valence-electron chi connectivity index (χ0n) is 7.77. The molecule has 0 aliphatic heterocycles. The number of aliphatic carboxylic acids is 1. The summed E-state index contributed by atoms with van der Waals surface area (Å²) in [6, 6.07) is 0.